The van der Waals surface area contributed by atoms with Crippen molar-refractivity contribution in [2.75, 3.05) is 19.1 Å². The van der Waals surface area contributed by atoms with Crippen molar-refractivity contribution in [3.63, 3.8) is 0 Å². The number of halogens is 1. The predicted octanol–water partition coefficient (Wildman–Crippen LogP) is 5.19. The number of ketones is 1. The zero-order chi connectivity index (χ0) is 22.7. The van der Waals surface area contributed by atoms with Crippen molar-refractivity contribution in [2.24, 2.45) is 0 Å². The van der Waals surface area contributed by atoms with Gasteiger partial charge in [-0.25, -0.2) is 0 Å². The van der Waals surface area contributed by atoms with Gasteiger partial charge in [0.25, 0.3) is 5.91 Å². The maximum Gasteiger partial charge on any atom is 0.262 e. The number of ether oxygens (including phenoxy) is 1. The molecule has 1 heterocycles. The Morgan fingerprint density at radius 3 is 2.53 bits per heavy atom. The molecule has 0 N–H and O–H groups in total. The number of hydrogen-bond donors (Lipinski definition) is 0. The largest absolute Gasteiger partial charge is 0.497 e. The molecule has 0 saturated carbocycles. The number of likely N-dealkylation sites (N-methyl/N-ethyl adjacent to an activating group) is 1. The van der Waals surface area contributed by atoms with Crippen LogP contribution >= 0.6 is 11.6 Å². The molecular weight excluding hydrogens is 422 g/mol. The zero-order valence-electron chi connectivity index (χ0n) is 17.7. The molecule has 3 aromatic rings. The van der Waals surface area contributed by atoms with Crippen molar-refractivity contribution in [1.29, 1.82) is 0 Å². The van der Waals surface area contributed by atoms with Crippen molar-refractivity contribution >= 4 is 35.1 Å². The average Bonchev–Trinajstić information content (AvgIpc) is 2.81. The number of nitrogens with zero attached hydrogens (tertiary/aromatic N) is 1. The second kappa shape index (κ2) is 9.13. The summed E-state index contributed by atoms with van der Waals surface area (Å²) in [5.41, 5.74) is 3.62. The number of carbonyl (C=O) groups is 2. The SMILES string of the molecule is COc1ccc(CC#Cc2ccc3c(c2)C(=O)/C(=C\c2cccc(Cl)c2)C(=O)N3C)cc1. The summed E-state index contributed by atoms with van der Waals surface area (Å²) >= 11 is 6.04. The molecule has 0 unspecified atom stereocenters. The van der Waals surface area contributed by atoms with Crippen molar-refractivity contribution in [2.45, 2.75) is 6.42 Å². The maximum atomic E-state index is 13.2. The number of fused-ring (bicyclic) bond motifs is 1. The van der Waals surface area contributed by atoms with Crippen LogP contribution in [-0.4, -0.2) is 25.8 Å². The Kier molecular flexibility index (Phi) is 6.11. The van der Waals surface area contributed by atoms with Gasteiger partial charge < -0.3 is 9.64 Å². The molecule has 0 bridgehead atoms. The van der Waals surface area contributed by atoms with Crippen LogP contribution in [0.25, 0.3) is 6.08 Å². The Hall–Kier alpha value is -3.81. The van der Waals surface area contributed by atoms with Crippen LogP contribution in [0.15, 0.2) is 72.3 Å². The minimum atomic E-state index is -0.346. The molecule has 1 amide bonds. The molecule has 0 radical (unpaired) electrons. The van der Waals surface area contributed by atoms with E-state index in [4.69, 9.17) is 16.3 Å². The Morgan fingerprint density at radius 1 is 1.03 bits per heavy atom. The van der Waals surface area contributed by atoms with E-state index in [1.165, 1.54) is 4.90 Å². The lowest BCUT2D eigenvalue weighted by molar-refractivity contribution is -0.114. The fraction of sp³-hybridized carbons (Fsp3) is 0.111. The first kappa shape index (κ1) is 21.4. The number of methoxy groups -OCH3 is 1. The van der Waals surface area contributed by atoms with Crippen LogP contribution < -0.4 is 9.64 Å². The fourth-order valence-electron chi connectivity index (χ4n) is 3.50. The molecule has 0 aliphatic carbocycles. The summed E-state index contributed by atoms with van der Waals surface area (Å²) in [4.78, 5) is 27.5. The first-order valence-corrected chi connectivity index (χ1v) is 10.4. The fourth-order valence-corrected chi connectivity index (χ4v) is 3.70. The molecule has 1 aliphatic heterocycles. The molecule has 0 aromatic heterocycles. The summed E-state index contributed by atoms with van der Waals surface area (Å²) in [7, 11) is 3.29. The van der Waals surface area contributed by atoms with E-state index in [1.807, 2.05) is 30.3 Å². The lowest BCUT2D eigenvalue weighted by Gasteiger charge is -2.26. The third-order valence-corrected chi connectivity index (χ3v) is 5.46. The molecule has 32 heavy (non-hydrogen) atoms. The first-order chi connectivity index (χ1) is 15.5. The standard InChI is InChI=1S/C27H20ClNO3/c1-29-25-14-11-19(6-3-5-18-9-12-22(32-2)13-10-18)16-23(25)26(30)24(27(29)31)17-20-7-4-8-21(28)15-20/h4,7-17H,5H2,1-2H3/b24-17+. The number of hydrogen-bond acceptors (Lipinski definition) is 3. The van der Waals surface area contributed by atoms with E-state index in [1.54, 1.807) is 56.6 Å². The Bertz CT molecular complexity index is 1300. The molecule has 0 spiro atoms. The molecule has 4 rings (SSSR count). The van der Waals surface area contributed by atoms with Crippen molar-refractivity contribution < 1.29 is 14.3 Å². The average molecular weight is 442 g/mol. The van der Waals surface area contributed by atoms with Gasteiger partial charge in [0.05, 0.1) is 18.4 Å². The third-order valence-electron chi connectivity index (χ3n) is 5.23. The number of rotatable bonds is 3. The highest BCUT2D eigenvalue weighted by molar-refractivity contribution is 6.36. The van der Waals surface area contributed by atoms with Crippen molar-refractivity contribution in [3.05, 3.63) is 99.6 Å². The summed E-state index contributed by atoms with van der Waals surface area (Å²) in [6.45, 7) is 0. The van der Waals surface area contributed by atoms with Crippen molar-refractivity contribution in [1.82, 2.24) is 0 Å². The van der Waals surface area contributed by atoms with E-state index in [-0.39, 0.29) is 17.3 Å². The Labute approximate surface area is 192 Å². The van der Waals surface area contributed by atoms with Gasteiger partial charge in [0, 0.05) is 29.6 Å². The molecule has 3 aromatic carbocycles. The summed E-state index contributed by atoms with van der Waals surface area (Å²) in [6, 6.07) is 20.1. The molecule has 4 nitrogen and oxygen atoms in total. The molecule has 5 heteroatoms. The predicted molar refractivity (Wildman–Crippen MR) is 127 cm³/mol. The van der Waals surface area contributed by atoms with E-state index in [0.717, 1.165) is 16.9 Å². The van der Waals surface area contributed by atoms with E-state index in [2.05, 4.69) is 11.8 Å². The molecule has 1 aliphatic rings. The van der Waals surface area contributed by atoms with E-state index in [9.17, 15) is 9.59 Å². The summed E-state index contributed by atoms with van der Waals surface area (Å²) in [5, 5.41) is 0.540. The second-order valence-electron chi connectivity index (χ2n) is 7.36. The number of benzene rings is 3. The highest BCUT2D eigenvalue weighted by Crippen LogP contribution is 2.31. The topological polar surface area (TPSA) is 46.6 Å². The highest BCUT2D eigenvalue weighted by Gasteiger charge is 2.32. The van der Waals surface area contributed by atoms with E-state index in [0.29, 0.717) is 28.3 Å². The lowest BCUT2D eigenvalue weighted by Crippen LogP contribution is -2.36. The van der Waals surface area contributed by atoms with Gasteiger partial charge in [0.1, 0.15) is 5.75 Å². The van der Waals surface area contributed by atoms with Crippen LogP contribution in [0.3, 0.4) is 0 Å². The van der Waals surface area contributed by atoms with Gasteiger partial charge in [-0.2, -0.15) is 0 Å². The van der Waals surface area contributed by atoms with Crippen molar-refractivity contribution in [3.8, 4) is 17.6 Å². The van der Waals surface area contributed by atoms with Gasteiger partial charge in [-0.15, -0.1) is 0 Å². The van der Waals surface area contributed by atoms with Gasteiger partial charge in [0.15, 0.2) is 0 Å². The van der Waals surface area contributed by atoms with Gasteiger partial charge in [-0.3, -0.25) is 9.59 Å². The molecular formula is C27H20ClNO3. The number of Topliss-reactive ketones (excluding diaryl/α,β-unsaturated/α-hetero) is 1. The minimum absolute atomic E-state index is 0.102. The number of amides is 1. The lowest BCUT2D eigenvalue weighted by atomic mass is 9.92. The minimum Gasteiger partial charge on any atom is -0.497 e. The second-order valence-corrected chi connectivity index (χ2v) is 7.80. The third kappa shape index (κ3) is 4.44. The van der Waals surface area contributed by atoms with Crippen LogP contribution in [0.2, 0.25) is 5.02 Å². The van der Waals surface area contributed by atoms with E-state index < -0.39 is 0 Å². The van der Waals surface area contributed by atoms with Gasteiger partial charge in [-0.05, 0) is 59.7 Å². The first-order valence-electron chi connectivity index (χ1n) is 10.0. The van der Waals surface area contributed by atoms with Gasteiger partial charge in [-0.1, -0.05) is 47.7 Å². The number of anilines is 1. The zero-order valence-corrected chi connectivity index (χ0v) is 18.4. The molecule has 0 fully saturated rings. The maximum absolute atomic E-state index is 13.2. The van der Waals surface area contributed by atoms with Crippen LogP contribution in [0.4, 0.5) is 5.69 Å². The molecule has 158 valence electrons. The van der Waals surface area contributed by atoms with Crippen LogP contribution in [-0.2, 0) is 11.2 Å². The van der Waals surface area contributed by atoms with Crippen LogP contribution in [0.5, 0.6) is 5.75 Å². The van der Waals surface area contributed by atoms with Gasteiger partial charge in [0.2, 0.25) is 5.78 Å². The monoisotopic (exact) mass is 441 g/mol. The molecule has 0 atom stereocenters. The smallest absolute Gasteiger partial charge is 0.262 e. The van der Waals surface area contributed by atoms with Gasteiger partial charge >= 0.3 is 0 Å². The summed E-state index contributed by atoms with van der Waals surface area (Å²) in [6.07, 6.45) is 2.16. The van der Waals surface area contributed by atoms with Crippen LogP contribution in [0.1, 0.15) is 27.0 Å². The van der Waals surface area contributed by atoms with Crippen LogP contribution in [0, 0.1) is 11.8 Å². The van der Waals surface area contributed by atoms with E-state index >= 15 is 0 Å². The summed E-state index contributed by atoms with van der Waals surface area (Å²) < 4.78 is 5.17. The quantitative estimate of drug-likeness (QED) is 0.319. The summed E-state index contributed by atoms with van der Waals surface area (Å²) in [5.74, 6) is 6.40. The highest BCUT2D eigenvalue weighted by atomic mass is 35.5. The normalized spacial score (nSPS) is 14.1. The molecule has 0 saturated heterocycles. The number of carbonyl (C=O) groups excluding carboxylic acids is 2. The Morgan fingerprint density at radius 2 is 1.81 bits per heavy atom. The Balaban J connectivity index is 1.62.